The molecule has 0 spiro atoms. The first-order valence-corrected chi connectivity index (χ1v) is 9.75. The Balaban J connectivity index is 1.69. The van der Waals surface area contributed by atoms with Crippen LogP contribution in [0.15, 0.2) is 54.6 Å². The SMILES string of the molecule is CCN(C(=O)CNc1ccccc1C(=O)N1CCCC(O)C1)c1ccccc1. The highest BCUT2D eigenvalue weighted by Crippen LogP contribution is 2.20. The van der Waals surface area contributed by atoms with Crippen LogP contribution < -0.4 is 10.2 Å². The monoisotopic (exact) mass is 381 g/mol. The van der Waals surface area contributed by atoms with Gasteiger partial charge in [0.25, 0.3) is 5.91 Å². The molecule has 1 saturated heterocycles. The standard InChI is InChI=1S/C22H27N3O3/c1-2-25(17-9-4-3-5-10-17)21(27)15-23-20-13-7-6-12-19(20)22(28)24-14-8-11-18(26)16-24/h3-7,9-10,12-13,18,23,26H,2,8,11,14-16H2,1H3. The smallest absolute Gasteiger partial charge is 0.256 e. The summed E-state index contributed by atoms with van der Waals surface area (Å²) < 4.78 is 0. The van der Waals surface area contributed by atoms with Gasteiger partial charge < -0.3 is 20.2 Å². The van der Waals surface area contributed by atoms with E-state index in [1.807, 2.05) is 49.4 Å². The lowest BCUT2D eigenvalue weighted by Gasteiger charge is -2.30. The number of carbonyl (C=O) groups excluding carboxylic acids is 2. The summed E-state index contributed by atoms with van der Waals surface area (Å²) in [5, 5.41) is 13.0. The quantitative estimate of drug-likeness (QED) is 0.807. The molecule has 2 aromatic rings. The van der Waals surface area contributed by atoms with Gasteiger partial charge in [0.05, 0.1) is 18.2 Å². The predicted octanol–water partition coefficient (Wildman–Crippen LogP) is 2.75. The fourth-order valence-corrected chi connectivity index (χ4v) is 3.51. The molecule has 0 aliphatic carbocycles. The van der Waals surface area contributed by atoms with Crippen molar-refractivity contribution < 1.29 is 14.7 Å². The second kappa shape index (κ2) is 9.37. The molecule has 28 heavy (non-hydrogen) atoms. The highest BCUT2D eigenvalue weighted by atomic mass is 16.3. The number of para-hydroxylation sites is 2. The van der Waals surface area contributed by atoms with Crippen LogP contribution >= 0.6 is 0 Å². The van der Waals surface area contributed by atoms with Gasteiger partial charge in [0.1, 0.15) is 0 Å². The third-order valence-electron chi connectivity index (χ3n) is 4.96. The van der Waals surface area contributed by atoms with Crippen LogP contribution in [0.5, 0.6) is 0 Å². The van der Waals surface area contributed by atoms with E-state index in [2.05, 4.69) is 5.32 Å². The van der Waals surface area contributed by atoms with E-state index in [1.165, 1.54) is 0 Å². The van der Waals surface area contributed by atoms with E-state index in [0.29, 0.717) is 30.9 Å². The number of benzene rings is 2. The van der Waals surface area contributed by atoms with Gasteiger partial charge in [-0.15, -0.1) is 0 Å². The lowest BCUT2D eigenvalue weighted by atomic mass is 10.1. The number of piperidine rings is 1. The molecule has 6 heteroatoms. The molecule has 1 aliphatic heterocycles. The maximum atomic E-state index is 12.9. The molecule has 0 bridgehead atoms. The largest absolute Gasteiger partial charge is 0.391 e. The van der Waals surface area contributed by atoms with Crippen LogP contribution in [-0.2, 0) is 4.79 Å². The molecule has 2 N–H and O–H groups in total. The van der Waals surface area contributed by atoms with Gasteiger partial charge in [-0.1, -0.05) is 30.3 Å². The molecule has 0 radical (unpaired) electrons. The first-order valence-electron chi connectivity index (χ1n) is 9.75. The number of carbonyl (C=O) groups is 2. The van der Waals surface area contributed by atoms with Crippen LogP contribution in [0.2, 0.25) is 0 Å². The number of anilines is 2. The number of β-amino-alcohol motifs (C(OH)–C–C–N with tert-alkyl or cyclic N) is 1. The molecule has 1 heterocycles. The number of hydrogen-bond donors (Lipinski definition) is 2. The van der Waals surface area contributed by atoms with E-state index in [9.17, 15) is 14.7 Å². The van der Waals surface area contributed by atoms with Crippen molar-refractivity contribution in [3.8, 4) is 0 Å². The number of nitrogens with zero attached hydrogens (tertiary/aromatic N) is 2. The number of aliphatic hydroxyl groups is 1. The van der Waals surface area contributed by atoms with E-state index in [1.54, 1.807) is 21.9 Å². The van der Waals surface area contributed by atoms with Crippen molar-refractivity contribution in [2.45, 2.75) is 25.9 Å². The van der Waals surface area contributed by atoms with E-state index < -0.39 is 6.10 Å². The van der Waals surface area contributed by atoms with E-state index in [-0.39, 0.29) is 18.4 Å². The number of aliphatic hydroxyl groups excluding tert-OH is 1. The number of rotatable bonds is 6. The Morgan fingerprint density at radius 2 is 1.86 bits per heavy atom. The van der Waals surface area contributed by atoms with Gasteiger partial charge in [-0.05, 0) is 44.0 Å². The summed E-state index contributed by atoms with van der Waals surface area (Å²) in [5.74, 6) is -0.186. The van der Waals surface area contributed by atoms with Crippen molar-refractivity contribution in [1.82, 2.24) is 4.90 Å². The van der Waals surface area contributed by atoms with Crippen molar-refractivity contribution in [3.05, 3.63) is 60.2 Å². The van der Waals surface area contributed by atoms with Crippen LogP contribution in [0.25, 0.3) is 0 Å². The summed E-state index contributed by atoms with van der Waals surface area (Å²) in [4.78, 5) is 29.0. The fraction of sp³-hybridized carbons (Fsp3) is 0.364. The van der Waals surface area contributed by atoms with E-state index >= 15 is 0 Å². The molecule has 1 unspecified atom stereocenters. The Morgan fingerprint density at radius 3 is 2.57 bits per heavy atom. The highest BCUT2D eigenvalue weighted by Gasteiger charge is 2.25. The Labute approximate surface area is 165 Å². The van der Waals surface area contributed by atoms with Crippen molar-refractivity contribution in [2.24, 2.45) is 0 Å². The molecule has 1 aliphatic rings. The zero-order valence-corrected chi connectivity index (χ0v) is 16.2. The van der Waals surface area contributed by atoms with Gasteiger partial charge in [0.2, 0.25) is 5.91 Å². The molecule has 2 amide bonds. The maximum absolute atomic E-state index is 12.9. The van der Waals surface area contributed by atoms with Crippen molar-refractivity contribution in [2.75, 3.05) is 36.4 Å². The second-order valence-electron chi connectivity index (χ2n) is 6.92. The van der Waals surface area contributed by atoms with Crippen LogP contribution in [0.1, 0.15) is 30.1 Å². The summed E-state index contributed by atoms with van der Waals surface area (Å²) in [6, 6.07) is 16.7. The number of hydrogen-bond acceptors (Lipinski definition) is 4. The topological polar surface area (TPSA) is 72.9 Å². The summed E-state index contributed by atoms with van der Waals surface area (Å²) in [6.45, 7) is 3.58. The summed E-state index contributed by atoms with van der Waals surface area (Å²) in [7, 11) is 0. The van der Waals surface area contributed by atoms with Crippen LogP contribution in [0.3, 0.4) is 0 Å². The van der Waals surface area contributed by atoms with E-state index in [0.717, 1.165) is 18.5 Å². The Morgan fingerprint density at radius 1 is 1.14 bits per heavy atom. The lowest BCUT2D eigenvalue weighted by molar-refractivity contribution is -0.116. The molecule has 0 saturated carbocycles. The van der Waals surface area contributed by atoms with Crippen molar-refractivity contribution >= 4 is 23.2 Å². The predicted molar refractivity (Wildman–Crippen MR) is 111 cm³/mol. The van der Waals surface area contributed by atoms with Crippen LogP contribution in [0.4, 0.5) is 11.4 Å². The highest BCUT2D eigenvalue weighted by molar-refractivity contribution is 6.01. The van der Waals surface area contributed by atoms with Gasteiger partial charge in [0, 0.05) is 31.0 Å². The summed E-state index contributed by atoms with van der Waals surface area (Å²) >= 11 is 0. The van der Waals surface area contributed by atoms with Gasteiger partial charge >= 0.3 is 0 Å². The summed E-state index contributed by atoms with van der Waals surface area (Å²) in [5.41, 5.74) is 2.00. The minimum absolute atomic E-state index is 0.0654. The van der Waals surface area contributed by atoms with Crippen LogP contribution in [-0.4, -0.2) is 54.1 Å². The third kappa shape index (κ3) is 4.70. The Bertz CT molecular complexity index is 810. The van der Waals surface area contributed by atoms with Gasteiger partial charge in [-0.2, -0.15) is 0 Å². The minimum atomic E-state index is -0.469. The molecule has 148 valence electrons. The molecular weight excluding hydrogens is 354 g/mol. The van der Waals surface area contributed by atoms with Crippen molar-refractivity contribution in [3.63, 3.8) is 0 Å². The molecule has 2 aromatic carbocycles. The average molecular weight is 381 g/mol. The molecule has 3 rings (SSSR count). The van der Waals surface area contributed by atoms with Gasteiger partial charge in [-0.25, -0.2) is 0 Å². The first-order chi connectivity index (χ1) is 13.6. The third-order valence-corrected chi connectivity index (χ3v) is 4.96. The zero-order valence-electron chi connectivity index (χ0n) is 16.2. The average Bonchev–Trinajstić information content (AvgIpc) is 2.73. The molecular formula is C22H27N3O3. The molecule has 6 nitrogen and oxygen atoms in total. The Kier molecular flexibility index (Phi) is 6.66. The van der Waals surface area contributed by atoms with Gasteiger partial charge in [-0.3, -0.25) is 9.59 Å². The van der Waals surface area contributed by atoms with Crippen molar-refractivity contribution in [1.29, 1.82) is 0 Å². The molecule has 1 fully saturated rings. The fourth-order valence-electron chi connectivity index (χ4n) is 3.51. The maximum Gasteiger partial charge on any atom is 0.256 e. The second-order valence-corrected chi connectivity index (χ2v) is 6.92. The zero-order chi connectivity index (χ0) is 19.9. The van der Waals surface area contributed by atoms with Crippen LogP contribution in [0, 0.1) is 0 Å². The number of likely N-dealkylation sites (tertiary alicyclic amines) is 1. The van der Waals surface area contributed by atoms with Gasteiger partial charge in [0.15, 0.2) is 0 Å². The number of likely N-dealkylation sites (N-methyl/N-ethyl adjacent to an activating group) is 1. The molecule has 1 atom stereocenters. The minimum Gasteiger partial charge on any atom is -0.391 e. The normalized spacial score (nSPS) is 16.5. The molecule has 0 aromatic heterocycles. The van der Waals surface area contributed by atoms with E-state index in [4.69, 9.17) is 0 Å². The lowest BCUT2D eigenvalue weighted by Crippen LogP contribution is -2.42. The Hall–Kier alpha value is -2.86. The number of nitrogens with one attached hydrogen (secondary N) is 1. The number of amides is 2. The first kappa shape index (κ1) is 19.9. The summed E-state index contributed by atoms with van der Waals surface area (Å²) in [6.07, 6.45) is 1.05.